The lowest BCUT2D eigenvalue weighted by atomic mass is 10.0. The van der Waals surface area contributed by atoms with E-state index < -0.39 is 0 Å². The molecule has 0 bridgehead atoms. The molecule has 1 unspecified atom stereocenters. The summed E-state index contributed by atoms with van der Waals surface area (Å²) in [5, 5.41) is 3.36. The van der Waals surface area contributed by atoms with Gasteiger partial charge in [0, 0.05) is 24.4 Å². The Morgan fingerprint density at radius 2 is 2.40 bits per heavy atom. The van der Waals surface area contributed by atoms with Crippen molar-refractivity contribution in [2.24, 2.45) is 10.9 Å². The van der Waals surface area contributed by atoms with Crippen LogP contribution < -0.4 is 5.32 Å². The normalized spacial score (nSPS) is 31.0. The van der Waals surface area contributed by atoms with Gasteiger partial charge in [-0.15, -0.1) is 0 Å². The van der Waals surface area contributed by atoms with Crippen LogP contribution >= 0.6 is 0 Å². The maximum Gasteiger partial charge on any atom is 0.0343 e. The van der Waals surface area contributed by atoms with Gasteiger partial charge in [0.05, 0.1) is 0 Å². The van der Waals surface area contributed by atoms with Crippen molar-refractivity contribution in [1.82, 2.24) is 5.32 Å². The third-order valence-electron chi connectivity index (χ3n) is 1.71. The van der Waals surface area contributed by atoms with Crippen molar-refractivity contribution in [2.45, 2.75) is 19.9 Å². The fourth-order valence-electron chi connectivity index (χ4n) is 1.09. The molecule has 0 spiro atoms. The van der Waals surface area contributed by atoms with Crippen molar-refractivity contribution < 1.29 is 0 Å². The minimum Gasteiger partial charge on any atom is -0.310 e. The molecular formula is C8H14N2. The Bertz CT molecular complexity index is 149. The first kappa shape index (κ1) is 7.48. The van der Waals surface area contributed by atoms with Crippen LogP contribution in [0.5, 0.6) is 0 Å². The van der Waals surface area contributed by atoms with Gasteiger partial charge >= 0.3 is 0 Å². The molecule has 0 fully saturated rings. The Balaban J connectivity index is 2.44. The van der Waals surface area contributed by atoms with Crippen LogP contribution in [-0.2, 0) is 0 Å². The van der Waals surface area contributed by atoms with Gasteiger partial charge in [-0.2, -0.15) is 0 Å². The fourth-order valence-corrected chi connectivity index (χ4v) is 1.09. The highest BCUT2D eigenvalue weighted by atomic mass is 14.9. The Morgan fingerprint density at radius 3 is 3.00 bits per heavy atom. The monoisotopic (exact) mass is 138 g/mol. The predicted octanol–water partition coefficient (Wildman–Crippen LogP) is 1.20. The van der Waals surface area contributed by atoms with Crippen molar-refractivity contribution >= 4 is 6.21 Å². The van der Waals surface area contributed by atoms with Crippen LogP contribution in [0.2, 0.25) is 0 Å². The van der Waals surface area contributed by atoms with Crippen LogP contribution in [0.15, 0.2) is 17.3 Å². The average molecular weight is 138 g/mol. The lowest BCUT2D eigenvalue weighted by molar-refractivity contribution is 0.536. The number of hydrogen-bond acceptors (Lipinski definition) is 2. The molecule has 0 aliphatic carbocycles. The molecular weight excluding hydrogens is 124 g/mol. The molecule has 1 aliphatic rings. The van der Waals surface area contributed by atoms with Crippen LogP contribution in [-0.4, -0.2) is 18.8 Å². The zero-order chi connectivity index (χ0) is 7.40. The van der Waals surface area contributed by atoms with E-state index in [4.69, 9.17) is 0 Å². The quantitative estimate of drug-likeness (QED) is 0.609. The van der Waals surface area contributed by atoms with Gasteiger partial charge in [-0.3, -0.25) is 4.99 Å². The van der Waals surface area contributed by atoms with Gasteiger partial charge in [-0.25, -0.2) is 0 Å². The molecule has 0 radical (unpaired) electrons. The van der Waals surface area contributed by atoms with Crippen molar-refractivity contribution in [3.8, 4) is 0 Å². The summed E-state index contributed by atoms with van der Waals surface area (Å²) in [4.78, 5) is 4.05. The molecule has 1 rings (SSSR count). The number of nitrogens with zero attached hydrogens (tertiary/aromatic N) is 1. The summed E-state index contributed by atoms with van der Waals surface area (Å²) in [5.41, 5.74) is 0. The van der Waals surface area contributed by atoms with E-state index in [1.165, 1.54) is 0 Å². The lowest BCUT2D eigenvalue weighted by Crippen LogP contribution is -2.34. The fraction of sp³-hybridized carbons (Fsp3) is 0.625. The lowest BCUT2D eigenvalue weighted by Gasteiger charge is -2.19. The Hall–Kier alpha value is -0.630. The molecule has 1 aliphatic heterocycles. The molecule has 1 heterocycles. The highest BCUT2D eigenvalue weighted by Gasteiger charge is 2.12. The molecule has 0 aromatic heterocycles. The largest absolute Gasteiger partial charge is 0.310 e. The Kier molecular flexibility index (Phi) is 2.63. The summed E-state index contributed by atoms with van der Waals surface area (Å²) in [5.74, 6) is 0.532. The van der Waals surface area contributed by atoms with Crippen LogP contribution in [0, 0.1) is 5.92 Å². The van der Waals surface area contributed by atoms with Gasteiger partial charge in [-0.1, -0.05) is 13.8 Å². The smallest absolute Gasteiger partial charge is 0.0343 e. The molecule has 10 heavy (non-hydrogen) atoms. The van der Waals surface area contributed by atoms with Gasteiger partial charge in [0.25, 0.3) is 0 Å². The second-order valence-corrected chi connectivity index (χ2v) is 2.58. The van der Waals surface area contributed by atoms with Crippen LogP contribution in [0.1, 0.15) is 13.8 Å². The van der Waals surface area contributed by atoms with Crippen LogP contribution in [0.25, 0.3) is 0 Å². The molecule has 56 valence electrons. The molecule has 2 atom stereocenters. The number of likely N-dealkylation sites (N-methyl/N-ethyl adjacent to an activating group) is 1. The minimum absolute atomic E-state index is 0.488. The second kappa shape index (κ2) is 3.52. The van der Waals surface area contributed by atoms with E-state index in [0.29, 0.717) is 12.0 Å². The van der Waals surface area contributed by atoms with E-state index in [2.05, 4.69) is 30.2 Å². The molecule has 2 heteroatoms. The van der Waals surface area contributed by atoms with Crippen molar-refractivity contribution in [1.29, 1.82) is 0 Å². The van der Waals surface area contributed by atoms with E-state index in [0.717, 1.165) is 6.54 Å². The number of rotatable bonds is 2. The maximum atomic E-state index is 4.05. The SMILES string of the molecule is CCNC1C=CN=C[C@@H]1C. The predicted molar refractivity (Wildman–Crippen MR) is 44.3 cm³/mol. The number of hydrogen-bond donors (Lipinski definition) is 1. The molecule has 0 aromatic carbocycles. The summed E-state index contributed by atoms with van der Waals surface area (Å²) in [7, 11) is 0. The van der Waals surface area contributed by atoms with Crippen molar-refractivity contribution in [3.63, 3.8) is 0 Å². The van der Waals surface area contributed by atoms with E-state index in [9.17, 15) is 0 Å². The molecule has 0 saturated heterocycles. The Labute approximate surface area is 62.0 Å². The minimum atomic E-state index is 0.488. The number of aliphatic imine (C=N–C) groups is 1. The van der Waals surface area contributed by atoms with Crippen molar-refractivity contribution in [2.75, 3.05) is 6.54 Å². The molecule has 0 saturated carbocycles. The second-order valence-electron chi connectivity index (χ2n) is 2.58. The highest BCUT2D eigenvalue weighted by Crippen LogP contribution is 2.05. The topological polar surface area (TPSA) is 24.4 Å². The van der Waals surface area contributed by atoms with Gasteiger partial charge in [0.2, 0.25) is 0 Å². The third-order valence-corrected chi connectivity index (χ3v) is 1.71. The van der Waals surface area contributed by atoms with E-state index in [1.807, 2.05) is 12.4 Å². The van der Waals surface area contributed by atoms with Crippen LogP contribution in [0.3, 0.4) is 0 Å². The summed E-state index contributed by atoms with van der Waals surface area (Å²) >= 11 is 0. The highest BCUT2D eigenvalue weighted by molar-refractivity contribution is 5.64. The van der Waals surface area contributed by atoms with Gasteiger partial charge in [-0.05, 0) is 12.6 Å². The first-order valence-corrected chi connectivity index (χ1v) is 3.78. The molecule has 0 aromatic rings. The number of nitrogens with one attached hydrogen (secondary N) is 1. The summed E-state index contributed by atoms with van der Waals surface area (Å²) in [6.07, 6.45) is 5.94. The zero-order valence-electron chi connectivity index (χ0n) is 6.54. The first-order valence-electron chi connectivity index (χ1n) is 3.78. The zero-order valence-corrected chi connectivity index (χ0v) is 6.54. The average Bonchev–Trinajstić information content (AvgIpc) is 1.94. The van der Waals surface area contributed by atoms with E-state index >= 15 is 0 Å². The third kappa shape index (κ3) is 1.67. The summed E-state index contributed by atoms with van der Waals surface area (Å²) in [6.45, 7) is 5.31. The molecule has 1 N–H and O–H groups in total. The van der Waals surface area contributed by atoms with Crippen LogP contribution in [0.4, 0.5) is 0 Å². The van der Waals surface area contributed by atoms with Gasteiger partial charge < -0.3 is 5.32 Å². The maximum absolute atomic E-state index is 4.05. The van der Waals surface area contributed by atoms with Gasteiger partial charge in [0.15, 0.2) is 0 Å². The first-order chi connectivity index (χ1) is 4.84. The van der Waals surface area contributed by atoms with Crippen molar-refractivity contribution in [3.05, 3.63) is 12.3 Å². The standard InChI is InChI=1S/C8H14N2/c1-3-10-8-4-5-9-6-7(8)2/h4-8,10H,3H2,1-2H3/t7-,8?/m0/s1. The summed E-state index contributed by atoms with van der Waals surface area (Å²) in [6, 6.07) is 0.488. The molecule has 2 nitrogen and oxygen atoms in total. The Morgan fingerprint density at radius 1 is 1.60 bits per heavy atom. The van der Waals surface area contributed by atoms with E-state index in [-0.39, 0.29) is 0 Å². The summed E-state index contributed by atoms with van der Waals surface area (Å²) < 4.78 is 0. The molecule has 0 amide bonds. The van der Waals surface area contributed by atoms with E-state index in [1.54, 1.807) is 0 Å². The van der Waals surface area contributed by atoms with Gasteiger partial charge in [0.1, 0.15) is 0 Å².